The van der Waals surface area contributed by atoms with Gasteiger partial charge < -0.3 is 10.0 Å². The lowest BCUT2D eigenvalue weighted by Gasteiger charge is -2.28. The molecular weight excluding hydrogens is 362 g/mol. The molecule has 0 saturated carbocycles. The zero-order valence-corrected chi connectivity index (χ0v) is 18.6. The van der Waals surface area contributed by atoms with E-state index in [-0.39, 0.29) is 16.7 Å². The zero-order valence-electron chi connectivity index (χ0n) is 17.0. The minimum Gasteiger partial charge on any atom is -0.507 e. The van der Waals surface area contributed by atoms with E-state index >= 15 is 0 Å². The molecule has 2 rings (SSSR count). The Morgan fingerprint density at radius 1 is 1.15 bits per heavy atom. The van der Waals surface area contributed by atoms with Gasteiger partial charge in [0.25, 0.3) is 5.91 Å². The van der Waals surface area contributed by atoms with Crippen LogP contribution in [0.2, 0.25) is 0 Å². The van der Waals surface area contributed by atoms with E-state index in [1.807, 2.05) is 23.1 Å². The van der Waals surface area contributed by atoms with Crippen LogP contribution < -0.4 is 0 Å². The molecule has 0 bridgehead atoms. The lowest BCUT2D eigenvalue weighted by Crippen LogP contribution is -2.27. The molecule has 1 aliphatic rings. The molecule has 3 nitrogen and oxygen atoms in total. The minimum absolute atomic E-state index is 0.117. The Morgan fingerprint density at radius 3 is 2.15 bits per heavy atom. The molecule has 1 saturated heterocycles. The van der Waals surface area contributed by atoms with Crippen LogP contribution in [0.5, 0.6) is 5.75 Å². The van der Waals surface area contributed by atoms with Crippen molar-refractivity contribution in [2.75, 3.05) is 24.4 Å². The van der Waals surface area contributed by atoms with Crippen molar-refractivity contribution in [1.82, 2.24) is 4.90 Å². The first kappa shape index (κ1) is 21.2. The van der Waals surface area contributed by atoms with Gasteiger partial charge in [-0.3, -0.25) is 4.79 Å². The Hall–Kier alpha value is -1.07. The third kappa shape index (κ3) is 4.80. The van der Waals surface area contributed by atoms with Gasteiger partial charge in [0.05, 0.1) is 10.8 Å². The summed E-state index contributed by atoms with van der Waals surface area (Å²) in [5, 5.41) is 10.8. The van der Waals surface area contributed by atoms with E-state index in [9.17, 15) is 9.90 Å². The maximum absolute atomic E-state index is 12.6. The van der Waals surface area contributed by atoms with Crippen LogP contribution in [-0.2, 0) is 15.6 Å². The molecule has 1 aliphatic heterocycles. The number of carbonyl (C=O) groups excluding carboxylic acids is 1. The van der Waals surface area contributed by atoms with Crippen LogP contribution in [0.3, 0.4) is 0 Å². The Kier molecular flexibility index (Phi) is 6.44. The normalized spacial score (nSPS) is 17.4. The summed E-state index contributed by atoms with van der Waals surface area (Å²) < 4.78 is 0. The lowest BCUT2D eigenvalue weighted by atomic mass is 9.78. The van der Waals surface area contributed by atoms with Crippen molar-refractivity contribution in [1.29, 1.82) is 0 Å². The number of phenols is 1. The van der Waals surface area contributed by atoms with E-state index < -0.39 is 0 Å². The topological polar surface area (TPSA) is 40.5 Å². The number of phenolic OH excluding ortho intramolecular Hbond substituents is 1. The Balaban J connectivity index is 2.46. The van der Waals surface area contributed by atoms with Crippen LogP contribution in [0.4, 0.5) is 0 Å². The second-order valence-electron chi connectivity index (χ2n) is 8.81. The van der Waals surface area contributed by atoms with E-state index in [0.717, 1.165) is 39.8 Å². The smallest absolute Gasteiger partial charge is 0.261 e. The number of carbonyl (C=O) groups is 1. The van der Waals surface area contributed by atoms with Gasteiger partial charge in [-0.25, -0.2) is 0 Å². The molecule has 0 unspecified atom stereocenters. The highest BCUT2D eigenvalue weighted by Gasteiger charge is 2.28. The Labute approximate surface area is 166 Å². The van der Waals surface area contributed by atoms with E-state index in [4.69, 9.17) is 0 Å². The summed E-state index contributed by atoms with van der Waals surface area (Å²) in [7, 11) is 0. The SMILES string of the molecule is CSCCN1CS/C(=C\c2cc(C(C)(C)C)c(O)c(C(C)(C)C)c2)C1=O. The summed E-state index contributed by atoms with van der Waals surface area (Å²) in [6.07, 6.45) is 4.04. The third-order valence-corrected chi connectivity index (χ3v) is 6.12. The molecule has 26 heavy (non-hydrogen) atoms. The van der Waals surface area contributed by atoms with Crippen LogP contribution in [-0.4, -0.2) is 40.3 Å². The molecule has 1 aromatic rings. The average molecular weight is 394 g/mol. The van der Waals surface area contributed by atoms with Crippen molar-refractivity contribution in [3.63, 3.8) is 0 Å². The van der Waals surface area contributed by atoms with Gasteiger partial charge >= 0.3 is 0 Å². The highest BCUT2D eigenvalue weighted by molar-refractivity contribution is 8.04. The van der Waals surface area contributed by atoms with E-state index in [1.165, 1.54) is 0 Å². The fourth-order valence-corrected chi connectivity index (χ4v) is 4.35. The maximum atomic E-state index is 12.6. The van der Waals surface area contributed by atoms with Gasteiger partial charge in [0, 0.05) is 23.4 Å². The maximum Gasteiger partial charge on any atom is 0.261 e. The van der Waals surface area contributed by atoms with Crippen LogP contribution in [0.1, 0.15) is 58.2 Å². The van der Waals surface area contributed by atoms with Gasteiger partial charge in [-0.05, 0) is 40.9 Å². The quantitative estimate of drug-likeness (QED) is 0.712. The van der Waals surface area contributed by atoms with Crippen LogP contribution in [0, 0.1) is 0 Å². The molecule has 1 N–H and O–H groups in total. The van der Waals surface area contributed by atoms with E-state index in [0.29, 0.717) is 5.75 Å². The first-order valence-electron chi connectivity index (χ1n) is 8.96. The van der Waals surface area contributed by atoms with Crippen molar-refractivity contribution in [2.24, 2.45) is 0 Å². The van der Waals surface area contributed by atoms with Crippen molar-refractivity contribution in [3.05, 3.63) is 33.7 Å². The summed E-state index contributed by atoms with van der Waals surface area (Å²) in [6, 6.07) is 4.05. The molecule has 0 radical (unpaired) electrons. The summed E-state index contributed by atoms with van der Waals surface area (Å²) >= 11 is 3.36. The second kappa shape index (κ2) is 7.89. The van der Waals surface area contributed by atoms with Crippen LogP contribution in [0.15, 0.2) is 17.0 Å². The van der Waals surface area contributed by atoms with Crippen molar-refractivity contribution >= 4 is 35.5 Å². The van der Waals surface area contributed by atoms with Gasteiger partial charge in [0.2, 0.25) is 0 Å². The number of hydrogen-bond donors (Lipinski definition) is 1. The first-order valence-corrected chi connectivity index (χ1v) is 11.3. The van der Waals surface area contributed by atoms with E-state index in [1.54, 1.807) is 23.5 Å². The molecule has 0 atom stereocenters. The fraction of sp³-hybridized carbons (Fsp3) is 0.571. The van der Waals surface area contributed by atoms with Gasteiger partial charge in [-0.15, -0.1) is 0 Å². The van der Waals surface area contributed by atoms with Gasteiger partial charge in [0.1, 0.15) is 5.75 Å². The Morgan fingerprint density at radius 2 is 1.69 bits per heavy atom. The molecule has 5 heteroatoms. The standard InChI is InChI=1S/C21H31NO2S2/c1-20(2,3)15-10-14(11-16(18(15)23)21(4,5)6)12-17-19(24)22(13-26-17)8-9-25-7/h10-12,23H,8-9,13H2,1-7H3/b17-12-. The molecule has 1 aromatic carbocycles. The summed E-state index contributed by atoms with van der Waals surface area (Å²) in [4.78, 5) is 15.3. The number of rotatable bonds is 4. The summed E-state index contributed by atoms with van der Waals surface area (Å²) in [6.45, 7) is 13.4. The molecule has 1 heterocycles. The number of benzene rings is 1. The minimum atomic E-state index is -0.171. The lowest BCUT2D eigenvalue weighted by molar-refractivity contribution is -0.124. The molecule has 1 amide bonds. The van der Waals surface area contributed by atoms with Crippen LogP contribution in [0.25, 0.3) is 6.08 Å². The molecule has 0 aliphatic carbocycles. The monoisotopic (exact) mass is 393 g/mol. The predicted octanol–water partition coefficient (Wildman–Crippen LogP) is 5.22. The van der Waals surface area contributed by atoms with Crippen molar-refractivity contribution < 1.29 is 9.90 Å². The molecule has 1 fully saturated rings. The van der Waals surface area contributed by atoms with Crippen molar-refractivity contribution in [3.8, 4) is 5.75 Å². The summed E-state index contributed by atoms with van der Waals surface area (Å²) in [5.74, 6) is 2.17. The molecule has 0 aromatic heterocycles. The number of thioether (sulfide) groups is 2. The average Bonchev–Trinajstić information content (AvgIpc) is 2.85. The Bertz CT molecular complexity index is 677. The summed E-state index contributed by atoms with van der Waals surface area (Å²) in [5.41, 5.74) is 2.49. The van der Waals surface area contributed by atoms with Crippen LogP contribution >= 0.6 is 23.5 Å². The first-order chi connectivity index (χ1) is 11.9. The molecule has 144 valence electrons. The predicted molar refractivity (Wildman–Crippen MR) is 116 cm³/mol. The molecule has 0 spiro atoms. The highest BCUT2D eigenvalue weighted by atomic mass is 32.2. The number of hydrogen-bond acceptors (Lipinski definition) is 4. The number of nitrogens with zero attached hydrogens (tertiary/aromatic N) is 1. The third-order valence-electron chi connectivity index (χ3n) is 4.49. The highest BCUT2D eigenvalue weighted by Crippen LogP contribution is 2.41. The van der Waals surface area contributed by atoms with E-state index in [2.05, 4.69) is 47.8 Å². The number of aromatic hydroxyl groups is 1. The van der Waals surface area contributed by atoms with Crippen molar-refractivity contribution in [2.45, 2.75) is 52.4 Å². The van der Waals surface area contributed by atoms with Gasteiger partial charge in [0.15, 0.2) is 0 Å². The molecular formula is C21H31NO2S2. The second-order valence-corrected chi connectivity index (χ2v) is 10.8. The van der Waals surface area contributed by atoms with Gasteiger partial charge in [-0.2, -0.15) is 11.8 Å². The fourth-order valence-electron chi connectivity index (χ4n) is 2.93. The largest absolute Gasteiger partial charge is 0.507 e. The number of amides is 1. The van der Waals surface area contributed by atoms with Gasteiger partial charge in [-0.1, -0.05) is 53.3 Å². The zero-order chi connectivity index (χ0) is 19.7.